The highest BCUT2D eigenvalue weighted by Crippen LogP contribution is 2.44. The number of ether oxygens (including phenoxy) is 1. The van der Waals surface area contributed by atoms with E-state index in [1.54, 1.807) is 0 Å². The third-order valence-corrected chi connectivity index (χ3v) is 6.69. The quantitative estimate of drug-likeness (QED) is 0.640. The van der Waals surface area contributed by atoms with Gasteiger partial charge >= 0.3 is 0 Å². The van der Waals surface area contributed by atoms with Crippen molar-refractivity contribution in [2.24, 2.45) is 5.92 Å². The van der Waals surface area contributed by atoms with E-state index in [2.05, 4.69) is 12.2 Å². The molecule has 0 saturated carbocycles. The van der Waals surface area contributed by atoms with Crippen molar-refractivity contribution in [1.29, 1.82) is 0 Å². The van der Waals surface area contributed by atoms with E-state index in [-0.39, 0.29) is 29.9 Å². The molecule has 0 radical (unpaired) electrons. The predicted octanol–water partition coefficient (Wildman–Crippen LogP) is 5.59. The van der Waals surface area contributed by atoms with Gasteiger partial charge in [-0.25, -0.2) is 0 Å². The molecule has 170 valence electrons. The van der Waals surface area contributed by atoms with Gasteiger partial charge in [0.15, 0.2) is 0 Å². The molecule has 0 aromatic heterocycles. The Morgan fingerprint density at radius 1 is 1.06 bits per heavy atom. The number of amides is 2. The minimum Gasteiger partial charge on any atom is -0.365 e. The molecule has 2 aromatic carbocycles. The zero-order chi connectivity index (χ0) is 22.9. The summed E-state index contributed by atoms with van der Waals surface area (Å²) in [5, 5.41) is 3.95. The maximum atomic E-state index is 12.6. The van der Waals surface area contributed by atoms with Gasteiger partial charge in [0, 0.05) is 48.0 Å². The molecule has 5 nitrogen and oxygen atoms in total. The Bertz CT molecular complexity index is 974. The first-order valence-electron chi connectivity index (χ1n) is 11.4. The summed E-state index contributed by atoms with van der Waals surface area (Å²) in [6, 6.07) is 15.8. The molecule has 2 aliphatic rings. The number of carbonyl (C=O) groups excluding carboxylic acids is 2. The molecule has 2 aliphatic heterocycles. The highest BCUT2D eigenvalue weighted by Gasteiger charge is 2.40. The van der Waals surface area contributed by atoms with E-state index in [9.17, 15) is 9.59 Å². The first-order valence-corrected chi connectivity index (χ1v) is 11.8. The van der Waals surface area contributed by atoms with E-state index < -0.39 is 5.54 Å². The molecule has 6 heteroatoms. The number of rotatable bonds is 5. The van der Waals surface area contributed by atoms with Crippen molar-refractivity contribution >= 4 is 29.1 Å². The summed E-state index contributed by atoms with van der Waals surface area (Å²) < 4.78 is 6.55. The molecule has 32 heavy (non-hydrogen) atoms. The molecule has 4 rings (SSSR count). The Morgan fingerprint density at radius 3 is 2.12 bits per heavy atom. The summed E-state index contributed by atoms with van der Waals surface area (Å²) in [6.45, 7) is 6.69. The fourth-order valence-electron chi connectivity index (χ4n) is 4.60. The van der Waals surface area contributed by atoms with E-state index in [0.717, 1.165) is 29.8 Å². The number of benzene rings is 2. The van der Waals surface area contributed by atoms with Crippen LogP contribution in [0.4, 0.5) is 5.69 Å². The van der Waals surface area contributed by atoms with Crippen molar-refractivity contribution < 1.29 is 14.3 Å². The van der Waals surface area contributed by atoms with Crippen LogP contribution < -0.4 is 10.2 Å². The highest BCUT2D eigenvalue weighted by atomic mass is 35.5. The van der Waals surface area contributed by atoms with Crippen LogP contribution in [-0.4, -0.2) is 23.9 Å². The number of hydrogen-bond donors (Lipinski definition) is 1. The lowest BCUT2D eigenvalue weighted by atomic mass is 9.81. The van der Waals surface area contributed by atoms with E-state index in [0.29, 0.717) is 24.3 Å². The number of nitrogens with zero attached hydrogens (tertiary/aromatic N) is 1. The van der Waals surface area contributed by atoms with Crippen LogP contribution in [0.15, 0.2) is 48.5 Å². The standard InChI is InChI=1S/C26H31ClN2O3/c1-17(2)25(31)28-26(3)15-22(18-6-10-20(27)11-7-18)32-23(16-26)19-8-12-21(13-9-19)29-14-4-5-24(29)30/h6-13,17,22-23H,4-5,14-16H2,1-3H3,(H,28,31)/t22-,23+,26-/m0/s1. The highest BCUT2D eigenvalue weighted by molar-refractivity contribution is 6.30. The molecule has 2 saturated heterocycles. The SMILES string of the molecule is CC(C)C(=O)N[C@@]1(C)C[C@@H](c2ccc(Cl)cc2)O[C@@H](c2ccc(N3CCCC3=O)cc2)C1. The van der Waals surface area contributed by atoms with Gasteiger partial charge < -0.3 is 15.0 Å². The van der Waals surface area contributed by atoms with Gasteiger partial charge in [0.1, 0.15) is 0 Å². The van der Waals surface area contributed by atoms with Crippen LogP contribution >= 0.6 is 11.6 Å². The van der Waals surface area contributed by atoms with Crippen molar-refractivity contribution in [2.45, 2.75) is 64.2 Å². The first-order chi connectivity index (χ1) is 15.2. The van der Waals surface area contributed by atoms with Gasteiger partial charge in [0.05, 0.1) is 12.2 Å². The Labute approximate surface area is 195 Å². The average molecular weight is 455 g/mol. The average Bonchev–Trinajstić information content (AvgIpc) is 3.19. The van der Waals surface area contributed by atoms with Crippen molar-refractivity contribution in [3.05, 3.63) is 64.7 Å². The first kappa shape index (κ1) is 22.8. The zero-order valence-corrected chi connectivity index (χ0v) is 19.7. The molecule has 2 fully saturated rings. The minimum absolute atomic E-state index is 0.0471. The van der Waals surface area contributed by atoms with Crippen LogP contribution in [0.3, 0.4) is 0 Å². The maximum Gasteiger partial charge on any atom is 0.227 e. The number of carbonyl (C=O) groups is 2. The lowest BCUT2D eigenvalue weighted by Crippen LogP contribution is -2.52. The molecule has 0 bridgehead atoms. The third kappa shape index (κ3) is 5.00. The Morgan fingerprint density at radius 2 is 1.62 bits per heavy atom. The summed E-state index contributed by atoms with van der Waals surface area (Å²) in [7, 11) is 0. The van der Waals surface area contributed by atoms with E-state index in [1.165, 1.54) is 0 Å². The second-order valence-electron chi connectivity index (χ2n) is 9.52. The molecule has 0 unspecified atom stereocenters. The third-order valence-electron chi connectivity index (χ3n) is 6.44. The molecular weight excluding hydrogens is 424 g/mol. The lowest BCUT2D eigenvalue weighted by molar-refractivity contribution is -0.131. The largest absolute Gasteiger partial charge is 0.365 e. The van der Waals surface area contributed by atoms with Crippen LogP contribution in [0.1, 0.15) is 69.8 Å². The van der Waals surface area contributed by atoms with Crippen molar-refractivity contribution in [3.63, 3.8) is 0 Å². The second-order valence-corrected chi connectivity index (χ2v) is 9.95. The van der Waals surface area contributed by atoms with Crippen LogP contribution in [-0.2, 0) is 14.3 Å². The maximum absolute atomic E-state index is 12.6. The molecule has 1 N–H and O–H groups in total. The summed E-state index contributed by atoms with van der Waals surface area (Å²) in [5.41, 5.74) is 2.61. The summed E-state index contributed by atoms with van der Waals surface area (Å²) in [4.78, 5) is 26.5. The van der Waals surface area contributed by atoms with Gasteiger partial charge in [-0.05, 0) is 48.7 Å². The molecule has 0 aliphatic carbocycles. The van der Waals surface area contributed by atoms with Gasteiger partial charge in [0.25, 0.3) is 0 Å². The van der Waals surface area contributed by atoms with Crippen molar-refractivity contribution in [3.8, 4) is 0 Å². The van der Waals surface area contributed by atoms with Crippen LogP contribution in [0.2, 0.25) is 5.02 Å². The summed E-state index contributed by atoms with van der Waals surface area (Å²) in [6.07, 6.45) is 2.54. The molecule has 2 heterocycles. The lowest BCUT2D eigenvalue weighted by Gasteiger charge is -2.43. The monoisotopic (exact) mass is 454 g/mol. The number of nitrogens with one attached hydrogen (secondary N) is 1. The normalized spacial score (nSPS) is 25.9. The number of halogens is 1. The van der Waals surface area contributed by atoms with E-state index in [1.807, 2.05) is 67.3 Å². The predicted molar refractivity (Wildman–Crippen MR) is 127 cm³/mol. The second kappa shape index (κ2) is 9.24. The van der Waals surface area contributed by atoms with Gasteiger partial charge in [-0.3, -0.25) is 9.59 Å². The molecule has 3 atom stereocenters. The Hall–Kier alpha value is -2.37. The fourth-order valence-corrected chi connectivity index (χ4v) is 4.73. The minimum atomic E-state index is -0.405. The summed E-state index contributed by atoms with van der Waals surface area (Å²) in [5.74, 6) is 0.142. The molecule has 0 spiro atoms. The molecular formula is C26H31ClN2O3. The van der Waals surface area contributed by atoms with Crippen LogP contribution in [0, 0.1) is 5.92 Å². The van der Waals surface area contributed by atoms with Gasteiger partial charge in [-0.15, -0.1) is 0 Å². The zero-order valence-electron chi connectivity index (χ0n) is 18.9. The van der Waals surface area contributed by atoms with Crippen molar-refractivity contribution in [1.82, 2.24) is 5.32 Å². The Balaban J connectivity index is 1.60. The fraction of sp³-hybridized carbons (Fsp3) is 0.462. The van der Waals surface area contributed by atoms with Crippen LogP contribution in [0.5, 0.6) is 0 Å². The smallest absolute Gasteiger partial charge is 0.227 e. The Kier molecular flexibility index (Phi) is 6.59. The summed E-state index contributed by atoms with van der Waals surface area (Å²) >= 11 is 6.09. The van der Waals surface area contributed by atoms with Gasteiger partial charge in [-0.2, -0.15) is 0 Å². The molecule has 2 amide bonds. The van der Waals surface area contributed by atoms with E-state index >= 15 is 0 Å². The molecule has 2 aromatic rings. The van der Waals surface area contributed by atoms with Gasteiger partial charge in [-0.1, -0.05) is 49.7 Å². The topological polar surface area (TPSA) is 58.6 Å². The number of anilines is 1. The van der Waals surface area contributed by atoms with Crippen LogP contribution in [0.25, 0.3) is 0 Å². The van der Waals surface area contributed by atoms with Gasteiger partial charge in [0.2, 0.25) is 11.8 Å². The van der Waals surface area contributed by atoms with Crippen molar-refractivity contribution in [2.75, 3.05) is 11.4 Å². The number of hydrogen-bond acceptors (Lipinski definition) is 3. The van der Waals surface area contributed by atoms with E-state index in [4.69, 9.17) is 16.3 Å².